The molecule has 2 N–H and O–H groups in total. The molecule has 0 spiro atoms. The number of halogens is 5. The summed E-state index contributed by atoms with van der Waals surface area (Å²) in [5.74, 6) is -2.67. The summed E-state index contributed by atoms with van der Waals surface area (Å²) in [6.07, 6.45) is 1.18. The van der Waals surface area contributed by atoms with E-state index in [2.05, 4.69) is 20.9 Å². The minimum Gasteiger partial charge on any atom is -0.478 e. The Morgan fingerprint density at radius 2 is 1.84 bits per heavy atom. The van der Waals surface area contributed by atoms with Crippen LogP contribution in [0.3, 0.4) is 0 Å². The predicted molar refractivity (Wildman–Crippen MR) is 90.0 cm³/mol. The Bertz CT molecular complexity index is 755. The highest BCUT2D eigenvalue weighted by Gasteiger charge is 2.42. The summed E-state index contributed by atoms with van der Waals surface area (Å²) < 4.78 is 58.6. The van der Waals surface area contributed by atoms with Crippen LogP contribution < -0.4 is 4.74 Å². The lowest BCUT2D eigenvalue weighted by Gasteiger charge is -2.19. The van der Waals surface area contributed by atoms with Crippen LogP contribution in [-0.2, 0) is 5.66 Å². The van der Waals surface area contributed by atoms with Crippen LogP contribution >= 0.6 is 24.3 Å². The summed E-state index contributed by atoms with van der Waals surface area (Å²) in [7, 11) is -3.50. The quantitative estimate of drug-likeness (QED) is 0.352. The zero-order valence-corrected chi connectivity index (χ0v) is 15.5. The van der Waals surface area contributed by atoms with E-state index in [0.29, 0.717) is 10.8 Å². The fourth-order valence-corrected chi connectivity index (χ4v) is 3.29. The molecule has 25 heavy (non-hydrogen) atoms. The number of hydrogen-bond donors (Lipinski definition) is 2. The maximum atomic E-state index is 13.9. The van der Waals surface area contributed by atoms with Gasteiger partial charge in [0.25, 0.3) is 0 Å². The Hall–Kier alpha value is -1.02. The van der Waals surface area contributed by atoms with E-state index in [0.717, 1.165) is 13.0 Å². The van der Waals surface area contributed by atoms with Gasteiger partial charge >= 0.3 is 5.66 Å². The normalized spacial score (nSPS) is 12.8. The Balaban J connectivity index is 2.22. The molecule has 0 radical (unpaired) electrons. The number of fused-ring (bicyclic) bond motifs is 1. The maximum absolute atomic E-state index is 13.9. The molecular formula is C15H15BrF4NO3P. The molecule has 0 aliphatic rings. The smallest absolute Gasteiger partial charge is 0.340 e. The number of aromatic nitrogens is 1. The van der Waals surface area contributed by atoms with Crippen molar-refractivity contribution >= 4 is 35.1 Å². The summed E-state index contributed by atoms with van der Waals surface area (Å²) >= 11 is 2.99. The van der Waals surface area contributed by atoms with E-state index in [9.17, 15) is 17.6 Å². The minimum atomic E-state index is -3.81. The topological polar surface area (TPSA) is 62.6 Å². The van der Waals surface area contributed by atoms with Crippen LogP contribution in [0.25, 0.3) is 10.8 Å². The van der Waals surface area contributed by atoms with Gasteiger partial charge in [-0.15, -0.1) is 0 Å². The summed E-state index contributed by atoms with van der Waals surface area (Å²) in [6, 6.07) is 3.88. The van der Waals surface area contributed by atoms with Gasteiger partial charge in [-0.05, 0) is 30.9 Å². The maximum Gasteiger partial charge on any atom is 0.340 e. The molecular weight excluding hydrogens is 429 g/mol. The first-order chi connectivity index (χ1) is 11.5. The van der Waals surface area contributed by atoms with Crippen molar-refractivity contribution in [2.75, 3.05) is 6.61 Å². The van der Waals surface area contributed by atoms with Crippen molar-refractivity contribution in [1.29, 1.82) is 0 Å². The first-order valence-electron chi connectivity index (χ1n) is 7.17. The molecule has 0 amide bonds. The number of ether oxygens (including phenoxy) is 1. The molecule has 2 aromatic rings. The van der Waals surface area contributed by atoms with Crippen molar-refractivity contribution in [3.05, 3.63) is 34.4 Å². The standard InChI is InChI=1S/C15H15BrF4NO3P/c1-14(17,18)3-2-4-24-13-7-9-5-11(15(19,20)25(22)23)12(16)6-10(9)8-21-13/h5-8,22-23H,2-4H2,1H3. The average Bonchev–Trinajstić information content (AvgIpc) is 2.49. The van der Waals surface area contributed by atoms with Crippen molar-refractivity contribution in [3.8, 4) is 5.88 Å². The van der Waals surface area contributed by atoms with Crippen LogP contribution in [0.2, 0.25) is 0 Å². The molecule has 1 aromatic heterocycles. The lowest BCUT2D eigenvalue weighted by atomic mass is 10.1. The molecule has 138 valence electrons. The second-order valence-electron chi connectivity index (χ2n) is 5.55. The summed E-state index contributed by atoms with van der Waals surface area (Å²) in [6.45, 7) is 0.831. The molecule has 0 saturated carbocycles. The van der Waals surface area contributed by atoms with Gasteiger partial charge in [0, 0.05) is 34.1 Å². The monoisotopic (exact) mass is 443 g/mol. The highest BCUT2D eigenvalue weighted by molar-refractivity contribution is 9.10. The third-order valence-electron chi connectivity index (χ3n) is 3.37. The highest BCUT2D eigenvalue weighted by atomic mass is 79.9. The van der Waals surface area contributed by atoms with Crippen LogP contribution in [0.15, 0.2) is 28.9 Å². The van der Waals surface area contributed by atoms with Crippen molar-refractivity contribution in [1.82, 2.24) is 4.98 Å². The van der Waals surface area contributed by atoms with E-state index in [1.54, 1.807) is 0 Å². The van der Waals surface area contributed by atoms with Crippen molar-refractivity contribution < 1.29 is 32.1 Å². The van der Waals surface area contributed by atoms with Gasteiger partial charge in [0.15, 0.2) is 0 Å². The van der Waals surface area contributed by atoms with E-state index >= 15 is 0 Å². The molecule has 1 aromatic carbocycles. The average molecular weight is 444 g/mol. The number of nitrogens with zero attached hydrogens (tertiary/aromatic N) is 1. The predicted octanol–water partition coefficient (Wildman–Crippen LogP) is 5.16. The zero-order chi connectivity index (χ0) is 18.8. The minimum absolute atomic E-state index is 0.0140. The van der Waals surface area contributed by atoms with Gasteiger partial charge in [-0.1, -0.05) is 15.9 Å². The molecule has 0 saturated heterocycles. The number of rotatable bonds is 7. The van der Waals surface area contributed by atoms with Crippen LogP contribution in [0, 0.1) is 0 Å². The third kappa shape index (κ3) is 5.23. The van der Waals surface area contributed by atoms with Crippen LogP contribution in [0.5, 0.6) is 5.88 Å². The lowest BCUT2D eigenvalue weighted by molar-refractivity contribution is 0.00756. The first-order valence-corrected chi connectivity index (χ1v) is 9.21. The molecule has 2 rings (SSSR count). The van der Waals surface area contributed by atoms with Crippen molar-refractivity contribution in [2.24, 2.45) is 0 Å². The highest BCUT2D eigenvalue weighted by Crippen LogP contribution is 2.54. The van der Waals surface area contributed by atoms with E-state index in [4.69, 9.17) is 14.5 Å². The van der Waals surface area contributed by atoms with E-state index in [1.165, 1.54) is 18.3 Å². The first kappa shape index (κ1) is 20.3. The van der Waals surface area contributed by atoms with E-state index in [-0.39, 0.29) is 29.8 Å². The molecule has 0 atom stereocenters. The second kappa shape index (κ2) is 7.70. The zero-order valence-electron chi connectivity index (χ0n) is 13.0. The van der Waals surface area contributed by atoms with Gasteiger partial charge in [-0.2, -0.15) is 8.78 Å². The summed E-state index contributed by atoms with van der Waals surface area (Å²) in [4.78, 5) is 21.9. The van der Waals surface area contributed by atoms with Crippen LogP contribution in [-0.4, -0.2) is 27.3 Å². The van der Waals surface area contributed by atoms with Gasteiger partial charge < -0.3 is 14.5 Å². The van der Waals surface area contributed by atoms with Gasteiger partial charge in [0.2, 0.25) is 20.2 Å². The van der Waals surface area contributed by atoms with Gasteiger partial charge in [-0.3, -0.25) is 0 Å². The molecule has 0 bridgehead atoms. The molecule has 10 heteroatoms. The molecule has 0 aliphatic heterocycles. The largest absolute Gasteiger partial charge is 0.478 e. The Morgan fingerprint density at radius 1 is 1.16 bits per heavy atom. The third-order valence-corrected chi connectivity index (χ3v) is 4.77. The van der Waals surface area contributed by atoms with Crippen LogP contribution in [0.1, 0.15) is 25.3 Å². The summed E-state index contributed by atoms with van der Waals surface area (Å²) in [5, 5.41) is 0.875. The van der Waals surface area contributed by atoms with Gasteiger partial charge in [0.05, 0.1) is 6.61 Å². The Morgan fingerprint density at radius 3 is 2.44 bits per heavy atom. The van der Waals surface area contributed by atoms with Crippen molar-refractivity contribution in [3.63, 3.8) is 0 Å². The van der Waals surface area contributed by atoms with E-state index < -0.39 is 25.5 Å². The fourth-order valence-electron chi connectivity index (χ4n) is 2.12. The number of alkyl halides is 4. The number of benzene rings is 1. The SMILES string of the molecule is CC(F)(F)CCCOc1cc2cc(C(F)(F)P(O)O)c(Br)cc2cn1. The number of hydrogen-bond acceptors (Lipinski definition) is 4. The van der Waals surface area contributed by atoms with Gasteiger partial charge in [-0.25, -0.2) is 13.8 Å². The van der Waals surface area contributed by atoms with Crippen molar-refractivity contribution in [2.45, 2.75) is 31.4 Å². The molecule has 4 nitrogen and oxygen atoms in total. The second-order valence-corrected chi connectivity index (χ2v) is 7.55. The number of pyridine rings is 1. The lowest BCUT2D eigenvalue weighted by Crippen LogP contribution is -2.12. The van der Waals surface area contributed by atoms with Gasteiger partial charge in [0.1, 0.15) is 0 Å². The Labute approximate surface area is 150 Å². The molecule has 0 fully saturated rings. The van der Waals surface area contributed by atoms with E-state index in [1.807, 2.05) is 0 Å². The summed E-state index contributed by atoms with van der Waals surface area (Å²) in [5.41, 5.74) is -4.38. The molecule has 0 unspecified atom stereocenters. The molecule has 0 aliphatic carbocycles. The fraction of sp³-hybridized carbons (Fsp3) is 0.400. The Kier molecular flexibility index (Phi) is 6.25. The van der Waals surface area contributed by atoms with Crippen LogP contribution in [0.4, 0.5) is 17.6 Å². The molecule has 1 heterocycles.